The van der Waals surface area contributed by atoms with Crippen LogP contribution in [-0.2, 0) is 0 Å². The van der Waals surface area contributed by atoms with Crippen LogP contribution in [0.3, 0.4) is 0 Å². The van der Waals surface area contributed by atoms with E-state index in [1.165, 1.54) is 93.2 Å². The minimum atomic E-state index is -1.67. The van der Waals surface area contributed by atoms with Gasteiger partial charge in [-0.2, -0.15) is 0 Å². The molecule has 0 bridgehead atoms. The maximum absolute atomic E-state index is 2.48. The van der Waals surface area contributed by atoms with Gasteiger partial charge in [0.05, 0.1) is 11.0 Å². The second-order valence-corrected chi connectivity index (χ2v) is 19.2. The zero-order valence-corrected chi connectivity index (χ0v) is 30.2. The Hall–Kier alpha value is -6.22. The number of nitrogens with zero attached hydrogens (tertiary/aromatic N) is 1. The molecule has 244 valence electrons. The highest BCUT2D eigenvalue weighted by Crippen LogP contribution is 2.40. The van der Waals surface area contributed by atoms with Crippen molar-refractivity contribution in [3.05, 3.63) is 176 Å². The molecule has 1 nitrogen and oxygen atoms in total. The van der Waals surface area contributed by atoms with Gasteiger partial charge in [-0.25, -0.2) is 0 Å². The number of benzene rings is 9. The Balaban J connectivity index is 1.05. The van der Waals surface area contributed by atoms with Crippen molar-refractivity contribution in [2.45, 2.75) is 13.1 Å². The first kappa shape index (κ1) is 29.5. The molecule has 10 aromatic rings. The van der Waals surface area contributed by atoms with Crippen LogP contribution in [0.25, 0.3) is 93.2 Å². The minimum absolute atomic E-state index is 1.17. The third-order valence-electron chi connectivity index (χ3n) is 11.8. The van der Waals surface area contributed by atoms with E-state index in [0.29, 0.717) is 0 Å². The summed E-state index contributed by atoms with van der Waals surface area (Å²) in [6.07, 6.45) is 0. The van der Waals surface area contributed by atoms with Crippen molar-refractivity contribution < 1.29 is 0 Å². The molecule has 1 aliphatic rings. The average Bonchev–Trinajstić information content (AvgIpc) is 3.65. The molecule has 52 heavy (non-hydrogen) atoms. The molecular formula is C50H35NSi. The number of fused-ring (bicyclic) bond motifs is 12. The predicted octanol–water partition coefficient (Wildman–Crippen LogP) is 12.4. The number of para-hydroxylation sites is 1. The van der Waals surface area contributed by atoms with Gasteiger partial charge in [-0.05, 0) is 112 Å². The van der Waals surface area contributed by atoms with Crippen LogP contribution in [0.1, 0.15) is 0 Å². The molecule has 0 atom stereocenters. The molecule has 11 rings (SSSR count). The van der Waals surface area contributed by atoms with E-state index in [-0.39, 0.29) is 0 Å². The van der Waals surface area contributed by atoms with Gasteiger partial charge in [-0.3, -0.25) is 0 Å². The second-order valence-electron chi connectivity index (χ2n) is 14.9. The standard InChI is InChI=1S/C50H35NSi/c1-52(2)49-18-10-8-16-44(49)46-30-33(23-28-50(46)52)32-19-24-36(25-20-32)51-47-17-9-7-15-42(47)43-27-22-35(31-48(43)51)34-21-26-41-39-13-4-3-11-37(39)38-12-5-6-14-40(38)45(41)29-34/h3-31H,1-2H3. The van der Waals surface area contributed by atoms with Crippen molar-refractivity contribution in [2.24, 2.45) is 0 Å². The van der Waals surface area contributed by atoms with Gasteiger partial charge in [0.2, 0.25) is 0 Å². The maximum atomic E-state index is 2.48. The van der Waals surface area contributed by atoms with Crippen LogP contribution in [0.2, 0.25) is 13.1 Å². The van der Waals surface area contributed by atoms with Gasteiger partial charge in [0, 0.05) is 16.5 Å². The van der Waals surface area contributed by atoms with Gasteiger partial charge in [-0.1, -0.05) is 153 Å². The Morgan fingerprint density at radius 1 is 0.327 bits per heavy atom. The van der Waals surface area contributed by atoms with Crippen molar-refractivity contribution in [3.8, 4) is 39.1 Å². The van der Waals surface area contributed by atoms with Crippen LogP contribution in [0.15, 0.2) is 176 Å². The van der Waals surface area contributed by atoms with Gasteiger partial charge < -0.3 is 4.57 Å². The quantitative estimate of drug-likeness (QED) is 0.130. The van der Waals surface area contributed by atoms with E-state index in [1.54, 1.807) is 10.4 Å². The van der Waals surface area contributed by atoms with Crippen LogP contribution >= 0.6 is 0 Å². The lowest BCUT2D eigenvalue weighted by Gasteiger charge is -2.18. The predicted molar refractivity (Wildman–Crippen MR) is 226 cm³/mol. The summed E-state index contributed by atoms with van der Waals surface area (Å²) in [7, 11) is -1.67. The summed E-state index contributed by atoms with van der Waals surface area (Å²) in [5.74, 6) is 0. The summed E-state index contributed by atoms with van der Waals surface area (Å²) in [5.41, 5.74) is 11.4. The fraction of sp³-hybridized carbons (Fsp3) is 0.0400. The molecule has 9 aromatic carbocycles. The minimum Gasteiger partial charge on any atom is -0.309 e. The van der Waals surface area contributed by atoms with Crippen molar-refractivity contribution in [3.63, 3.8) is 0 Å². The Morgan fingerprint density at radius 3 is 1.54 bits per heavy atom. The molecule has 0 amide bonds. The van der Waals surface area contributed by atoms with Gasteiger partial charge in [0.25, 0.3) is 0 Å². The lowest BCUT2D eigenvalue weighted by atomic mass is 9.92. The molecule has 1 aromatic heterocycles. The smallest absolute Gasteiger partial charge is 0.113 e. The van der Waals surface area contributed by atoms with E-state index in [1.807, 2.05) is 0 Å². The first-order chi connectivity index (χ1) is 25.5. The van der Waals surface area contributed by atoms with Crippen LogP contribution in [-0.4, -0.2) is 12.6 Å². The molecule has 0 aliphatic carbocycles. The number of aromatic nitrogens is 1. The molecule has 0 fully saturated rings. The van der Waals surface area contributed by atoms with E-state index >= 15 is 0 Å². The summed E-state index contributed by atoms with van der Waals surface area (Å²) in [6.45, 7) is 4.96. The summed E-state index contributed by atoms with van der Waals surface area (Å²) < 4.78 is 2.44. The third kappa shape index (κ3) is 4.16. The molecule has 0 radical (unpaired) electrons. The van der Waals surface area contributed by atoms with Crippen LogP contribution in [0.4, 0.5) is 0 Å². The van der Waals surface area contributed by atoms with E-state index in [9.17, 15) is 0 Å². The summed E-state index contributed by atoms with van der Waals surface area (Å²) >= 11 is 0. The molecule has 0 unspecified atom stereocenters. The highest BCUT2D eigenvalue weighted by atomic mass is 28.3. The Bertz CT molecular complexity index is 3050. The third-order valence-corrected chi connectivity index (χ3v) is 15.4. The topological polar surface area (TPSA) is 4.93 Å². The monoisotopic (exact) mass is 677 g/mol. The van der Waals surface area contributed by atoms with Crippen molar-refractivity contribution in [1.29, 1.82) is 0 Å². The molecule has 0 N–H and O–H groups in total. The summed E-state index contributed by atoms with van der Waals surface area (Å²) in [5, 5.41) is 13.4. The number of rotatable bonds is 3. The lowest BCUT2D eigenvalue weighted by Crippen LogP contribution is -2.49. The van der Waals surface area contributed by atoms with E-state index in [2.05, 4.69) is 194 Å². The largest absolute Gasteiger partial charge is 0.309 e. The van der Waals surface area contributed by atoms with Gasteiger partial charge >= 0.3 is 0 Å². The molecule has 0 saturated carbocycles. The maximum Gasteiger partial charge on any atom is 0.113 e. The highest BCUT2D eigenvalue weighted by molar-refractivity contribution is 7.03. The molecule has 0 saturated heterocycles. The first-order valence-corrected chi connectivity index (χ1v) is 21.3. The van der Waals surface area contributed by atoms with Crippen molar-refractivity contribution in [1.82, 2.24) is 4.57 Å². The highest BCUT2D eigenvalue weighted by Gasteiger charge is 2.37. The fourth-order valence-corrected chi connectivity index (χ4v) is 12.3. The second kappa shape index (κ2) is 10.9. The van der Waals surface area contributed by atoms with Crippen molar-refractivity contribution in [2.75, 3.05) is 0 Å². The zero-order chi connectivity index (χ0) is 34.6. The first-order valence-electron chi connectivity index (χ1n) is 18.3. The van der Waals surface area contributed by atoms with Gasteiger partial charge in [0.1, 0.15) is 8.07 Å². The molecule has 2 heterocycles. The van der Waals surface area contributed by atoms with Crippen LogP contribution in [0.5, 0.6) is 0 Å². The Labute approximate surface area is 304 Å². The lowest BCUT2D eigenvalue weighted by molar-refractivity contribution is 1.18. The SMILES string of the molecule is C[Si]1(C)c2ccccc2-c2cc(-c3ccc(-n4c5ccccc5c5ccc(-c6ccc7c8ccccc8c8ccccc8c7c6)cc54)cc3)ccc21. The molecular weight excluding hydrogens is 643 g/mol. The fourth-order valence-electron chi connectivity index (χ4n) is 9.22. The number of hydrogen-bond donors (Lipinski definition) is 0. The van der Waals surface area contributed by atoms with Gasteiger partial charge in [0.15, 0.2) is 0 Å². The summed E-state index contributed by atoms with van der Waals surface area (Å²) in [4.78, 5) is 0. The van der Waals surface area contributed by atoms with E-state index in [4.69, 9.17) is 0 Å². The zero-order valence-electron chi connectivity index (χ0n) is 29.2. The molecule has 2 heteroatoms. The van der Waals surface area contributed by atoms with Crippen molar-refractivity contribution >= 4 is 72.6 Å². The van der Waals surface area contributed by atoms with Crippen LogP contribution in [0, 0.1) is 0 Å². The summed E-state index contributed by atoms with van der Waals surface area (Å²) in [6, 6.07) is 65.8. The van der Waals surface area contributed by atoms with E-state index < -0.39 is 8.07 Å². The molecule has 1 aliphatic heterocycles. The number of hydrogen-bond acceptors (Lipinski definition) is 0. The van der Waals surface area contributed by atoms with Gasteiger partial charge in [-0.15, -0.1) is 0 Å². The Morgan fingerprint density at radius 2 is 0.808 bits per heavy atom. The normalized spacial score (nSPS) is 13.3. The van der Waals surface area contributed by atoms with E-state index in [0.717, 1.165) is 0 Å². The average molecular weight is 678 g/mol. The van der Waals surface area contributed by atoms with Crippen LogP contribution < -0.4 is 10.4 Å². The molecule has 0 spiro atoms. The Kier molecular flexibility index (Phi) is 6.18.